The van der Waals surface area contributed by atoms with Gasteiger partial charge in [-0.3, -0.25) is 4.79 Å². The maximum absolute atomic E-state index is 13.6. The highest BCUT2D eigenvalue weighted by atomic mass is 32.1. The Hall–Kier alpha value is -1.23. The van der Waals surface area contributed by atoms with Gasteiger partial charge in [-0.05, 0) is 23.8 Å². The summed E-state index contributed by atoms with van der Waals surface area (Å²) < 4.78 is 13.6. The molecule has 2 rings (SSSR count). The summed E-state index contributed by atoms with van der Waals surface area (Å²) in [6.45, 7) is 0.887. The molecule has 0 bridgehead atoms. The number of benzene rings is 1. The smallest absolute Gasteiger partial charge is 0.223 e. The number of halogens is 1. The summed E-state index contributed by atoms with van der Waals surface area (Å²) in [6, 6.07) is 4.58. The zero-order valence-corrected chi connectivity index (χ0v) is 10.3. The Balaban J connectivity index is 2.14. The van der Waals surface area contributed by atoms with E-state index in [1.54, 1.807) is 17.0 Å². The van der Waals surface area contributed by atoms with Crippen molar-refractivity contribution in [2.75, 3.05) is 18.0 Å². The third kappa shape index (κ3) is 2.54. The van der Waals surface area contributed by atoms with Gasteiger partial charge in [-0.1, -0.05) is 6.07 Å². The van der Waals surface area contributed by atoms with Crippen LogP contribution in [0.2, 0.25) is 0 Å². The summed E-state index contributed by atoms with van der Waals surface area (Å²) in [4.78, 5) is 13.3. The molecule has 0 aliphatic carbocycles. The Morgan fingerprint density at radius 3 is 2.88 bits per heavy atom. The van der Waals surface area contributed by atoms with Crippen LogP contribution in [-0.2, 0) is 11.3 Å². The van der Waals surface area contributed by atoms with Crippen LogP contribution in [0.25, 0.3) is 0 Å². The Morgan fingerprint density at radius 2 is 2.29 bits per heavy atom. The third-order valence-corrected chi connectivity index (χ3v) is 3.57. The highest BCUT2D eigenvalue weighted by molar-refractivity contribution is 7.80. The number of nitrogens with zero attached hydrogens (tertiary/aromatic N) is 1. The number of hydrogen-bond acceptors (Lipinski definition) is 3. The molecule has 92 valence electrons. The number of likely N-dealkylation sites (tertiary alicyclic amines) is 1. The number of thiol groups is 1. The van der Waals surface area contributed by atoms with Gasteiger partial charge in [0.05, 0.1) is 6.54 Å². The van der Waals surface area contributed by atoms with Gasteiger partial charge in [0.25, 0.3) is 0 Å². The first-order chi connectivity index (χ1) is 8.11. The number of carbonyl (C=O) groups excluding carboxylic acids is 1. The van der Waals surface area contributed by atoms with E-state index in [0.29, 0.717) is 30.0 Å². The van der Waals surface area contributed by atoms with Crippen LogP contribution in [0.1, 0.15) is 12.0 Å². The van der Waals surface area contributed by atoms with Crippen molar-refractivity contribution in [1.29, 1.82) is 0 Å². The van der Waals surface area contributed by atoms with Gasteiger partial charge in [0, 0.05) is 24.2 Å². The zero-order valence-electron chi connectivity index (χ0n) is 9.40. The lowest BCUT2D eigenvalue weighted by Crippen LogP contribution is -2.25. The van der Waals surface area contributed by atoms with Crippen LogP contribution in [0.4, 0.5) is 10.1 Å². The fourth-order valence-corrected chi connectivity index (χ4v) is 2.31. The second-order valence-electron chi connectivity index (χ2n) is 4.33. The van der Waals surface area contributed by atoms with Crippen molar-refractivity contribution < 1.29 is 9.18 Å². The second-order valence-corrected chi connectivity index (χ2v) is 4.70. The van der Waals surface area contributed by atoms with Crippen molar-refractivity contribution in [3.05, 3.63) is 29.6 Å². The molecule has 0 aromatic heterocycles. The van der Waals surface area contributed by atoms with E-state index in [-0.39, 0.29) is 24.2 Å². The van der Waals surface area contributed by atoms with E-state index < -0.39 is 0 Å². The summed E-state index contributed by atoms with van der Waals surface area (Å²) in [5, 5.41) is 0. The van der Waals surface area contributed by atoms with Crippen molar-refractivity contribution in [1.82, 2.24) is 4.90 Å². The SMILES string of the molecule is Nc1cccc(F)c1CN1CC(CS)CC1=O. The second kappa shape index (κ2) is 4.96. The standard InChI is InChI=1S/C12H15FN2OS/c13-10-2-1-3-11(14)9(10)6-15-5-8(7-17)4-12(15)16/h1-3,8,17H,4-7,14H2. The zero-order chi connectivity index (χ0) is 12.4. The predicted molar refractivity (Wildman–Crippen MR) is 68.2 cm³/mol. The van der Waals surface area contributed by atoms with Crippen LogP contribution >= 0.6 is 12.6 Å². The molecule has 1 atom stereocenters. The molecule has 3 nitrogen and oxygen atoms in total. The minimum absolute atomic E-state index is 0.0479. The molecular weight excluding hydrogens is 239 g/mol. The molecular formula is C12H15FN2OS. The molecule has 1 aliphatic heterocycles. The number of rotatable bonds is 3. The molecule has 0 saturated carbocycles. The summed E-state index contributed by atoms with van der Waals surface area (Å²) >= 11 is 4.19. The van der Waals surface area contributed by atoms with Crippen molar-refractivity contribution in [3.63, 3.8) is 0 Å². The molecule has 1 aliphatic rings. The van der Waals surface area contributed by atoms with Gasteiger partial charge >= 0.3 is 0 Å². The lowest BCUT2D eigenvalue weighted by Gasteiger charge is -2.18. The first kappa shape index (κ1) is 12.2. The molecule has 5 heteroatoms. The van der Waals surface area contributed by atoms with E-state index in [9.17, 15) is 9.18 Å². The summed E-state index contributed by atoms with van der Waals surface area (Å²) in [5.74, 6) is 0.632. The number of anilines is 1. The van der Waals surface area contributed by atoms with E-state index in [0.717, 1.165) is 0 Å². The van der Waals surface area contributed by atoms with Gasteiger partial charge in [-0.15, -0.1) is 0 Å². The Morgan fingerprint density at radius 1 is 1.53 bits per heavy atom. The van der Waals surface area contributed by atoms with Crippen LogP contribution in [0, 0.1) is 11.7 Å². The fourth-order valence-electron chi connectivity index (χ4n) is 2.06. The van der Waals surface area contributed by atoms with E-state index in [2.05, 4.69) is 12.6 Å². The molecule has 1 heterocycles. The Labute approximate surface area is 105 Å². The van der Waals surface area contributed by atoms with Crippen LogP contribution in [0.5, 0.6) is 0 Å². The van der Waals surface area contributed by atoms with Crippen LogP contribution < -0.4 is 5.73 Å². The number of nitrogen functional groups attached to an aromatic ring is 1. The summed E-state index contributed by atoms with van der Waals surface area (Å²) in [5.41, 5.74) is 6.52. The summed E-state index contributed by atoms with van der Waals surface area (Å²) in [7, 11) is 0. The van der Waals surface area contributed by atoms with Crippen molar-refractivity contribution in [2.24, 2.45) is 5.92 Å². The maximum atomic E-state index is 13.6. The molecule has 1 amide bonds. The number of nitrogens with two attached hydrogens (primary N) is 1. The van der Waals surface area contributed by atoms with Gasteiger partial charge < -0.3 is 10.6 Å². The van der Waals surface area contributed by atoms with E-state index in [4.69, 9.17) is 5.73 Å². The van der Waals surface area contributed by atoms with Crippen molar-refractivity contribution in [3.8, 4) is 0 Å². The topological polar surface area (TPSA) is 46.3 Å². The molecule has 0 spiro atoms. The first-order valence-corrected chi connectivity index (χ1v) is 6.16. The molecule has 1 saturated heterocycles. The normalized spacial score (nSPS) is 20.0. The van der Waals surface area contributed by atoms with Gasteiger partial charge in [0.1, 0.15) is 5.82 Å². The average molecular weight is 254 g/mol. The third-order valence-electron chi connectivity index (χ3n) is 3.06. The minimum atomic E-state index is -0.355. The molecule has 1 aromatic rings. The van der Waals surface area contributed by atoms with E-state index in [1.807, 2.05) is 0 Å². The van der Waals surface area contributed by atoms with Gasteiger partial charge in [0.2, 0.25) is 5.91 Å². The summed E-state index contributed by atoms with van der Waals surface area (Å²) in [6.07, 6.45) is 0.498. The Bertz CT molecular complexity index is 418. The molecule has 0 radical (unpaired) electrons. The van der Waals surface area contributed by atoms with E-state index >= 15 is 0 Å². The van der Waals surface area contributed by atoms with Gasteiger partial charge in [0.15, 0.2) is 0 Å². The molecule has 2 N–H and O–H groups in total. The van der Waals surface area contributed by atoms with Crippen molar-refractivity contribution in [2.45, 2.75) is 13.0 Å². The van der Waals surface area contributed by atoms with Crippen LogP contribution in [-0.4, -0.2) is 23.1 Å². The molecule has 1 fully saturated rings. The highest BCUT2D eigenvalue weighted by Crippen LogP contribution is 2.24. The largest absolute Gasteiger partial charge is 0.398 e. The van der Waals surface area contributed by atoms with E-state index in [1.165, 1.54) is 6.07 Å². The highest BCUT2D eigenvalue weighted by Gasteiger charge is 2.29. The fraction of sp³-hybridized carbons (Fsp3) is 0.417. The number of amides is 1. The monoisotopic (exact) mass is 254 g/mol. The van der Waals surface area contributed by atoms with Crippen LogP contribution in [0.15, 0.2) is 18.2 Å². The average Bonchev–Trinajstić information content (AvgIpc) is 2.65. The predicted octanol–water partition coefficient (Wildman–Crippen LogP) is 1.69. The number of hydrogen-bond donors (Lipinski definition) is 2. The number of carbonyl (C=O) groups is 1. The minimum Gasteiger partial charge on any atom is -0.398 e. The lowest BCUT2D eigenvalue weighted by atomic mass is 10.1. The van der Waals surface area contributed by atoms with Crippen molar-refractivity contribution >= 4 is 24.2 Å². The van der Waals surface area contributed by atoms with Gasteiger partial charge in [-0.25, -0.2) is 4.39 Å². The maximum Gasteiger partial charge on any atom is 0.223 e. The Kier molecular flexibility index (Phi) is 3.57. The molecule has 1 unspecified atom stereocenters. The van der Waals surface area contributed by atoms with Crippen LogP contribution in [0.3, 0.4) is 0 Å². The van der Waals surface area contributed by atoms with Gasteiger partial charge in [-0.2, -0.15) is 12.6 Å². The quantitative estimate of drug-likeness (QED) is 0.637. The molecule has 17 heavy (non-hydrogen) atoms. The molecule has 1 aromatic carbocycles. The first-order valence-electron chi connectivity index (χ1n) is 5.53. The lowest BCUT2D eigenvalue weighted by molar-refractivity contribution is -0.128.